The molecule has 0 saturated carbocycles. The molecular weight excluding hydrogens is 204 g/mol. The summed E-state index contributed by atoms with van der Waals surface area (Å²) in [4.78, 5) is 0. The van der Waals surface area contributed by atoms with E-state index in [2.05, 4.69) is 12.8 Å². The van der Waals surface area contributed by atoms with Gasteiger partial charge in [0.2, 0.25) is 0 Å². The van der Waals surface area contributed by atoms with Crippen LogP contribution in [0.2, 0.25) is 0 Å². The first-order chi connectivity index (χ1) is 7.50. The van der Waals surface area contributed by atoms with Crippen LogP contribution in [0.4, 0.5) is 0 Å². The maximum absolute atomic E-state index is 5.89. The highest BCUT2D eigenvalue weighted by Crippen LogP contribution is 2.40. The zero-order chi connectivity index (χ0) is 12.3. The lowest BCUT2D eigenvalue weighted by molar-refractivity contribution is -0.199. The highest BCUT2D eigenvalue weighted by atomic mass is 16.7. The summed E-state index contributed by atoms with van der Waals surface area (Å²) < 4.78 is 17.0. The van der Waals surface area contributed by atoms with E-state index in [1.165, 1.54) is 0 Å². The Balaban J connectivity index is 2.87. The lowest BCUT2D eigenvalue weighted by Crippen LogP contribution is -2.35. The Morgan fingerprint density at radius 2 is 2.12 bits per heavy atom. The summed E-state index contributed by atoms with van der Waals surface area (Å²) in [6.45, 7) is 8.03. The molecule has 1 saturated heterocycles. The maximum atomic E-state index is 5.89. The van der Waals surface area contributed by atoms with E-state index in [4.69, 9.17) is 20.6 Å². The van der Waals surface area contributed by atoms with Crippen LogP contribution >= 0.6 is 0 Å². The molecule has 0 N–H and O–H groups in total. The van der Waals surface area contributed by atoms with Crippen LogP contribution in [0.25, 0.3) is 0 Å². The topological polar surface area (TPSA) is 27.7 Å². The molecule has 1 rings (SSSR count). The highest BCUT2D eigenvalue weighted by molar-refractivity contribution is 5.15. The van der Waals surface area contributed by atoms with Crippen molar-refractivity contribution in [3.8, 4) is 12.3 Å². The second-order valence-corrected chi connectivity index (χ2v) is 4.55. The summed E-state index contributed by atoms with van der Waals surface area (Å²) in [5.41, 5.74) is -0.555. The fraction of sp³-hybridized carbons (Fsp3) is 0.846. The summed E-state index contributed by atoms with van der Waals surface area (Å²) in [6.07, 6.45) is 5.99. The average molecular weight is 226 g/mol. The van der Waals surface area contributed by atoms with Crippen molar-refractivity contribution in [1.29, 1.82) is 0 Å². The minimum Gasteiger partial charge on any atom is -0.376 e. The lowest BCUT2D eigenvalue weighted by atomic mass is 9.86. The third-order valence-electron chi connectivity index (χ3n) is 3.27. The molecule has 0 radical (unpaired) electrons. The van der Waals surface area contributed by atoms with Crippen LogP contribution < -0.4 is 0 Å². The van der Waals surface area contributed by atoms with Gasteiger partial charge in [-0.3, -0.25) is 0 Å². The predicted octanol–water partition coefficient (Wildman–Crippen LogP) is 2.20. The fourth-order valence-electron chi connectivity index (χ4n) is 2.24. The van der Waals surface area contributed by atoms with Crippen LogP contribution in [-0.2, 0) is 14.2 Å². The van der Waals surface area contributed by atoms with Gasteiger partial charge in [-0.2, -0.15) is 0 Å². The van der Waals surface area contributed by atoms with E-state index >= 15 is 0 Å². The van der Waals surface area contributed by atoms with Gasteiger partial charge in [0.25, 0.3) is 0 Å². The van der Waals surface area contributed by atoms with Crippen LogP contribution in [0, 0.1) is 18.3 Å². The van der Waals surface area contributed by atoms with Gasteiger partial charge < -0.3 is 14.2 Å². The Bertz CT molecular complexity index is 269. The molecule has 16 heavy (non-hydrogen) atoms. The minimum atomic E-state index is -0.555. The molecule has 0 aromatic carbocycles. The van der Waals surface area contributed by atoms with E-state index in [0.29, 0.717) is 0 Å². The van der Waals surface area contributed by atoms with Gasteiger partial charge in [-0.05, 0) is 20.3 Å². The van der Waals surface area contributed by atoms with Gasteiger partial charge in [0.05, 0.1) is 6.10 Å². The van der Waals surface area contributed by atoms with Gasteiger partial charge in [-0.25, -0.2) is 0 Å². The number of terminal acetylenes is 1. The SMILES string of the molecule is C#CC1(CC)OC(OC(C)C)C(OC)C1C. The first-order valence-electron chi connectivity index (χ1n) is 5.84. The molecule has 0 aliphatic carbocycles. The van der Waals surface area contributed by atoms with Crippen molar-refractivity contribution < 1.29 is 14.2 Å². The largest absolute Gasteiger partial charge is 0.376 e. The smallest absolute Gasteiger partial charge is 0.186 e. The fourth-order valence-corrected chi connectivity index (χ4v) is 2.24. The van der Waals surface area contributed by atoms with Gasteiger partial charge in [0.15, 0.2) is 6.29 Å². The molecule has 1 aliphatic rings. The molecule has 4 atom stereocenters. The van der Waals surface area contributed by atoms with Gasteiger partial charge >= 0.3 is 0 Å². The number of rotatable bonds is 4. The van der Waals surface area contributed by atoms with Crippen molar-refractivity contribution in [3.05, 3.63) is 0 Å². The molecule has 0 aromatic rings. The van der Waals surface area contributed by atoms with E-state index in [-0.39, 0.29) is 24.4 Å². The molecule has 1 heterocycles. The molecule has 0 aromatic heterocycles. The second-order valence-electron chi connectivity index (χ2n) is 4.55. The van der Waals surface area contributed by atoms with Crippen molar-refractivity contribution in [2.24, 2.45) is 5.92 Å². The van der Waals surface area contributed by atoms with Gasteiger partial charge in [-0.15, -0.1) is 6.42 Å². The number of hydrogen-bond acceptors (Lipinski definition) is 3. The van der Waals surface area contributed by atoms with Gasteiger partial charge in [-0.1, -0.05) is 19.8 Å². The van der Waals surface area contributed by atoms with Crippen LogP contribution in [0.3, 0.4) is 0 Å². The minimum absolute atomic E-state index is 0.0975. The van der Waals surface area contributed by atoms with E-state index in [1.807, 2.05) is 20.8 Å². The molecule has 1 aliphatic heterocycles. The Morgan fingerprint density at radius 3 is 2.50 bits per heavy atom. The van der Waals surface area contributed by atoms with Crippen molar-refractivity contribution in [2.75, 3.05) is 7.11 Å². The summed E-state index contributed by atoms with van der Waals surface area (Å²) in [5, 5.41) is 0. The Hall–Kier alpha value is -0.560. The van der Waals surface area contributed by atoms with Crippen molar-refractivity contribution in [1.82, 2.24) is 0 Å². The molecule has 92 valence electrons. The molecule has 0 bridgehead atoms. The Morgan fingerprint density at radius 1 is 1.50 bits per heavy atom. The molecule has 0 amide bonds. The monoisotopic (exact) mass is 226 g/mol. The summed E-state index contributed by atoms with van der Waals surface area (Å²) in [7, 11) is 1.67. The maximum Gasteiger partial charge on any atom is 0.186 e. The first-order valence-corrected chi connectivity index (χ1v) is 5.84. The highest BCUT2D eigenvalue weighted by Gasteiger charge is 2.52. The van der Waals surface area contributed by atoms with E-state index in [1.54, 1.807) is 7.11 Å². The summed E-state index contributed by atoms with van der Waals surface area (Å²) in [6, 6.07) is 0. The standard InChI is InChI=1S/C13H22O3/c1-7-13(8-2)10(5)11(14-6)12(16-13)15-9(3)4/h1,9-12H,8H2,2-6H3. The van der Waals surface area contributed by atoms with E-state index in [0.717, 1.165) is 6.42 Å². The molecule has 1 fully saturated rings. The summed E-state index contributed by atoms with van der Waals surface area (Å²) >= 11 is 0. The predicted molar refractivity (Wildman–Crippen MR) is 62.9 cm³/mol. The van der Waals surface area contributed by atoms with E-state index in [9.17, 15) is 0 Å². The van der Waals surface area contributed by atoms with Crippen LogP contribution in [-0.4, -0.2) is 31.2 Å². The molecule has 4 unspecified atom stereocenters. The third kappa shape index (κ3) is 2.24. The van der Waals surface area contributed by atoms with Crippen molar-refractivity contribution >= 4 is 0 Å². The number of ether oxygens (including phenoxy) is 3. The Kier molecular flexibility index (Phi) is 4.37. The zero-order valence-electron chi connectivity index (χ0n) is 10.8. The normalized spacial score (nSPS) is 38.9. The van der Waals surface area contributed by atoms with Crippen LogP contribution in [0.1, 0.15) is 34.1 Å². The van der Waals surface area contributed by atoms with Crippen LogP contribution in [0.5, 0.6) is 0 Å². The second kappa shape index (κ2) is 5.18. The molecule has 3 nitrogen and oxygen atoms in total. The summed E-state index contributed by atoms with van der Waals surface area (Å²) in [5.74, 6) is 2.90. The molecule has 3 heteroatoms. The van der Waals surface area contributed by atoms with Crippen molar-refractivity contribution in [2.45, 2.75) is 58.2 Å². The quantitative estimate of drug-likeness (QED) is 0.688. The van der Waals surface area contributed by atoms with Gasteiger partial charge in [0.1, 0.15) is 11.7 Å². The van der Waals surface area contributed by atoms with Crippen LogP contribution in [0.15, 0.2) is 0 Å². The number of hydrogen-bond donors (Lipinski definition) is 0. The molecule has 0 spiro atoms. The lowest BCUT2D eigenvalue weighted by Gasteiger charge is -2.25. The third-order valence-corrected chi connectivity index (χ3v) is 3.27. The first kappa shape index (κ1) is 13.5. The van der Waals surface area contributed by atoms with Gasteiger partial charge in [0, 0.05) is 13.0 Å². The number of methoxy groups -OCH3 is 1. The zero-order valence-corrected chi connectivity index (χ0v) is 10.8. The van der Waals surface area contributed by atoms with E-state index < -0.39 is 5.60 Å². The molecular formula is C13H22O3. The Labute approximate surface area is 98.5 Å². The average Bonchev–Trinajstić information content (AvgIpc) is 2.50. The van der Waals surface area contributed by atoms with Crippen molar-refractivity contribution in [3.63, 3.8) is 0 Å².